The Morgan fingerprint density at radius 3 is 1.46 bits per heavy atom. The second kappa shape index (κ2) is 36.6. The maximum atomic E-state index is 5.17. The summed E-state index contributed by atoms with van der Waals surface area (Å²) >= 11 is 4.66. The number of hydrogen-bond acceptors (Lipinski definition) is 18. The van der Waals surface area contributed by atoms with Gasteiger partial charge in [0.05, 0.1) is 27.6 Å². The molecule has 8 aromatic rings. The van der Waals surface area contributed by atoms with E-state index in [-0.39, 0.29) is 0 Å². The Hall–Kier alpha value is -6.37. The van der Waals surface area contributed by atoms with E-state index in [0.717, 1.165) is 55.4 Å². The number of thiophene rings is 2. The average Bonchev–Trinajstić information content (AvgIpc) is 4.13. The van der Waals surface area contributed by atoms with Gasteiger partial charge >= 0.3 is 0 Å². The zero-order valence-electron chi connectivity index (χ0n) is 39.9. The minimum Gasteiger partial charge on any atom is -0.437 e. The zero-order chi connectivity index (χ0) is 51.4. The first kappa shape index (κ1) is 60.6. The first-order valence-corrected chi connectivity index (χ1v) is 22.9. The van der Waals surface area contributed by atoms with Crippen LogP contribution in [0.4, 0.5) is 44.4 Å². The fraction of sp³-hybridized carbons (Fsp3) is 0.186. The molecule has 15 nitrogen and oxygen atoms in total. The molecule has 0 atom stereocenters. The Labute approximate surface area is 430 Å². The summed E-state index contributed by atoms with van der Waals surface area (Å²) in [6.45, 7) is 15.6. The third-order valence-electron chi connectivity index (χ3n) is 7.67. The summed E-state index contributed by atoms with van der Waals surface area (Å²) in [5.74, 6) is 2.06. The van der Waals surface area contributed by atoms with Crippen molar-refractivity contribution in [3.63, 3.8) is 0 Å². The maximum Gasteiger partial charge on any atom is 0.224 e. The minimum absolute atomic E-state index is 0.641. The highest BCUT2D eigenvalue weighted by Crippen LogP contribution is 2.18. The van der Waals surface area contributed by atoms with Crippen LogP contribution in [0.25, 0.3) is 0 Å². The van der Waals surface area contributed by atoms with Crippen LogP contribution in [-0.4, -0.2) is 98.4 Å². The number of pyridine rings is 2. The number of anilines is 8. The molecule has 7 aromatic heterocycles. The van der Waals surface area contributed by atoms with Crippen LogP contribution in [0.2, 0.25) is 0 Å². The van der Waals surface area contributed by atoms with Crippen molar-refractivity contribution < 1.29 is 0 Å². The Kier molecular flexibility index (Phi) is 32.2. The van der Waals surface area contributed by atoms with Crippen molar-refractivity contribution in [2.45, 2.75) is 55.4 Å². The molecular formula is C43H51B8N15S3. The van der Waals surface area contributed by atoms with Gasteiger partial charge in [0.15, 0.2) is 0 Å². The Morgan fingerprint density at radius 1 is 0.449 bits per heavy atom. The summed E-state index contributed by atoms with van der Waals surface area (Å²) in [4.78, 5) is 17.1. The van der Waals surface area contributed by atoms with E-state index in [1.165, 1.54) is 27.5 Å². The summed E-state index contributed by atoms with van der Waals surface area (Å²) in [5, 5.41) is 33.4. The van der Waals surface area contributed by atoms with Crippen LogP contribution in [0.3, 0.4) is 0 Å². The van der Waals surface area contributed by atoms with Crippen molar-refractivity contribution in [2.24, 2.45) is 0 Å². The van der Waals surface area contributed by atoms with Gasteiger partial charge in [-0.05, 0) is 150 Å². The molecule has 26 heteroatoms. The molecule has 0 amide bonds. The highest BCUT2D eigenvalue weighted by molar-refractivity contribution is 7.14. The zero-order valence-corrected chi connectivity index (χ0v) is 42.4. The lowest BCUT2D eigenvalue weighted by molar-refractivity contribution is 0.984. The molecule has 340 valence electrons. The largest absolute Gasteiger partial charge is 0.437 e. The first-order valence-electron chi connectivity index (χ1n) is 20.4. The van der Waals surface area contributed by atoms with E-state index in [1.54, 1.807) is 60.5 Å². The van der Waals surface area contributed by atoms with Gasteiger partial charge in [0, 0.05) is 57.3 Å². The summed E-state index contributed by atoms with van der Waals surface area (Å²) < 4.78 is 3.99. The minimum atomic E-state index is 0.641. The molecule has 0 fully saturated rings. The smallest absolute Gasteiger partial charge is 0.224 e. The highest BCUT2D eigenvalue weighted by Gasteiger charge is 1.93. The monoisotopic (exact) mass is 961 g/mol. The lowest BCUT2D eigenvalue weighted by atomic mass is 10.2. The van der Waals surface area contributed by atoms with Crippen LogP contribution in [-0.2, 0) is 0 Å². The third kappa shape index (κ3) is 29.2. The van der Waals surface area contributed by atoms with E-state index < -0.39 is 0 Å². The lowest BCUT2D eigenvalue weighted by Crippen LogP contribution is -1.96. The molecule has 0 saturated carbocycles. The molecule has 0 saturated heterocycles. The second-order valence-electron chi connectivity index (χ2n) is 13.8. The molecule has 0 aliphatic carbocycles. The van der Waals surface area contributed by atoms with Gasteiger partial charge in [-0.1, -0.05) is 18.2 Å². The number of aromatic nitrogens is 7. The number of nitrogens with zero attached hydrogens (tertiary/aromatic N) is 7. The van der Waals surface area contributed by atoms with Crippen molar-refractivity contribution in [2.75, 3.05) is 41.8 Å². The van der Waals surface area contributed by atoms with Crippen LogP contribution >= 0.6 is 34.2 Å². The molecule has 7 heterocycles. The molecule has 8 N–H and O–H groups in total. The molecule has 0 aliphatic heterocycles. The van der Waals surface area contributed by atoms with Gasteiger partial charge < -0.3 is 41.8 Å². The van der Waals surface area contributed by atoms with Crippen LogP contribution < -0.4 is 41.8 Å². The van der Waals surface area contributed by atoms with Crippen LogP contribution in [0.1, 0.15) is 44.5 Å². The van der Waals surface area contributed by atoms with Crippen molar-refractivity contribution in [1.82, 2.24) is 34.5 Å². The van der Waals surface area contributed by atoms with Crippen molar-refractivity contribution in [3.05, 3.63) is 159 Å². The highest BCUT2D eigenvalue weighted by atomic mass is 32.1. The quantitative estimate of drug-likeness (QED) is 0.0688. The van der Waals surface area contributed by atoms with E-state index in [1.807, 2.05) is 127 Å². The summed E-state index contributed by atoms with van der Waals surface area (Å²) in [7, 11) is 40.9. The Balaban J connectivity index is 0.000000394. The number of hydrogen-bond donors (Lipinski definition) is 8. The normalized spacial score (nSPS) is 9.04. The van der Waals surface area contributed by atoms with E-state index in [4.69, 9.17) is 63.8 Å². The summed E-state index contributed by atoms with van der Waals surface area (Å²) in [5.41, 5.74) is 9.96. The van der Waals surface area contributed by atoms with Crippen LogP contribution in [0.5, 0.6) is 0 Å². The van der Waals surface area contributed by atoms with Crippen molar-refractivity contribution in [1.29, 1.82) is 0 Å². The molecule has 0 spiro atoms. The molecule has 0 unspecified atom stereocenters. The standard InChI is InChI=1S/C7H8BN.2C6H7BN2.2C5H6BN3.2C5H6BNS.C4H5BN2S/c1-6-3-2-4-7(5-6)9-8;1-5-2-6(9-7)4-8-3-5;1-5-3-2-4-6(8-5)9-7;1-4-2-5(8-6)3-7-9-4;1-4-7-3-2-5(8-4)9-6;1-4-2-5(7-6)3-8-4;1-4-2-5(7-6)8-3-4;1-3-2-4(6-5)8-7-3/h2-5,9H,1H3;2-4,9H,1H3;2-4H,1H3,(H,8,9);2-3H,1H3,(H,8,9);2-3H,1H3,(H,7,8,9);2*2-3,7H,1H3;2,6H,1H3. The summed E-state index contributed by atoms with van der Waals surface area (Å²) in [6.07, 6.45) is 6.67. The Morgan fingerprint density at radius 2 is 1.09 bits per heavy atom. The van der Waals surface area contributed by atoms with E-state index in [9.17, 15) is 0 Å². The molecular weight excluding hydrogens is 909 g/mol. The average molecular weight is 961 g/mol. The number of aryl methyl sites for hydroxylation is 8. The molecule has 16 radical (unpaired) electrons. The van der Waals surface area contributed by atoms with Crippen molar-refractivity contribution >= 4 is 142 Å². The van der Waals surface area contributed by atoms with Gasteiger partial charge in [0.25, 0.3) is 0 Å². The van der Waals surface area contributed by atoms with E-state index >= 15 is 0 Å². The Bertz CT molecular complexity index is 2210. The van der Waals surface area contributed by atoms with Gasteiger partial charge in [-0.3, -0.25) is 4.98 Å². The fourth-order valence-corrected chi connectivity index (χ4v) is 6.46. The molecule has 0 aliphatic rings. The van der Waals surface area contributed by atoms with Gasteiger partial charge in [-0.2, -0.15) is 14.6 Å². The molecule has 8 rings (SSSR count). The van der Waals surface area contributed by atoms with Gasteiger partial charge in [-0.25, -0.2) is 15.0 Å². The van der Waals surface area contributed by atoms with Crippen LogP contribution in [0, 0.1) is 55.4 Å². The van der Waals surface area contributed by atoms with Crippen molar-refractivity contribution in [3.8, 4) is 0 Å². The van der Waals surface area contributed by atoms with Gasteiger partial charge in [0.1, 0.15) is 17.5 Å². The van der Waals surface area contributed by atoms with Gasteiger partial charge in [0.2, 0.25) is 63.8 Å². The number of benzene rings is 1. The van der Waals surface area contributed by atoms with Gasteiger partial charge in [-0.15, -0.1) is 22.7 Å². The topological polar surface area (TPSA) is 186 Å². The number of nitrogens with one attached hydrogen (secondary N) is 8. The molecule has 69 heavy (non-hydrogen) atoms. The maximum absolute atomic E-state index is 5.17. The van der Waals surface area contributed by atoms with E-state index in [2.05, 4.69) is 81.7 Å². The predicted octanol–water partition coefficient (Wildman–Crippen LogP) is 7.87. The SMILES string of the molecule is [B]Nc1cc(C)cs1.[B]Nc1cc(C)ns1.[B]Nc1cccc(C)c1.[B]Nc1cccc(C)n1.[B]Nc1ccnc(C)n1.[B]Nc1cncc(C)c1.[B]Nc1cnnc(C)c1.[B]Nc1csc(C)c1. The molecule has 0 bridgehead atoms. The second-order valence-corrected chi connectivity index (χ2v) is 16.6. The van der Waals surface area contributed by atoms with E-state index in [0.29, 0.717) is 17.5 Å². The predicted molar refractivity (Wildman–Crippen MR) is 303 cm³/mol. The third-order valence-corrected chi connectivity index (χ3v) is 10.3. The molecule has 1 aromatic carbocycles. The number of rotatable bonds is 8. The first-order chi connectivity index (χ1) is 33.1. The van der Waals surface area contributed by atoms with Crippen LogP contribution in [0.15, 0.2) is 114 Å². The summed E-state index contributed by atoms with van der Waals surface area (Å²) in [6, 6.07) is 24.9. The lowest BCUT2D eigenvalue weighted by Gasteiger charge is -1.98. The fourth-order valence-electron chi connectivity index (χ4n) is 4.54.